The molecule has 1 atom stereocenters. The van der Waals surface area contributed by atoms with E-state index in [0.29, 0.717) is 10.3 Å². The molecule has 0 aliphatic rings. The van der Waals surface area contributed by atoms with Crippen LogP contribution in [0.5, 0.6) is 0 Å². The van der Waals surface area contributed by atoms with Crippen molar-refractivity contribution < 1.29 is 0 Å². The number of nitrogens with two attached hydrogens (primary N) is 1. The molecule has 0 amide bonds. The van der Waals surface area contributed by atoms with E-state index in [9.17, 15) is 0 Å². The molecule has 0 saturated heterocycles. The number of hydrogen-bond acceptors (Lipinski definition) is 3. The van der Waals surface area contributed by atoms with Gasteiger partial charge in [0, 0.05) is 21.8 Å². The Hall–Kier alpha value is 0.0700. The summed E-state index contributed by atoms with van der Waals surface area (Å²) in [5.41, 5.74) is 3.86. The fourth-order valence-electron chi connectivity index (χ4n) is 1.44. The van der Waals surface area contributed by atoms with Crippen molar-refractivity contribution in [1.82, 2.24) is 5.43 Å². The lowest BCUT2D eigenvalue weighted by atomic mass is 10.1. The summed E-state index contributed by atoms with van der Waals surface area (Å²) in [5.74, 6) is 6.51. The molecule has 0 aromatic heterocycles. The molecule has 96 valence electrons. The molecule has 3 N–H and O–H groups in total. The number of nitrogens with one attached hydrogen (secondary N) is 1. The first-order valence-corrected chi connectivity index (χ1v) is 7.35. The molecule has 1 unspecified atom stereocenters. The average molecular weight is 293 g/mol. The molecule has 1 aromatic rings. The highest BCUT2D eigenvalue weighted by Crippen LogP contribution is 2.23. The molecule has 0 spiro atoms. The number of hydrogen-bond donors (Lipinski definition) is 2. The highest BCUT2D eigenvalue weighted by molar-refractivity contribution is 7.99. The molecule has 17 heavy (non-hydrogen) atoms. The van der Waals surface area contributed by atoms with Crippen molar-refractivity contribution in [3.63, 3.8) is 0 Å². The summed E-state index contributed by atoms with van der Waals surface area (Å²) in [5, 5.41) is 2.04. The van der Waals surface area contributed by atoms with E-state index < -0.39 is 0 Å². The first kappa shape index (κ1) is 15.1. The molecule has 2 nitrogen and oxygen atoms in total. The van der Waals surface area contributed by atoms with Gasteiger partial charge in [-0.05, 0) is 35.4 Å². The minimum atomic E-state index is 0.207. The number of hydrazine groups is 1. The molecule has 1 rings (SSSR count). The van der Waals surface area contributed by atoms with Crippen molar-refractivity contribution in [2.24, 2.45) is 5.84 Å². The largest absolute Gasteiger partial charge is 0.271 e. The predicted octanol–water partition coefficient (Wildman–Crippen LogP) is 3.51. The van der Waals surface area contributed by atoms with Crippen LogP contribution in [0.3, 0.4) is 0 Å². The molecule has 1 aromatic carbocycles. The molecular weight excluding hydrogens is 275 g/mol. The van der Waals surface area contributed by atoms with E-state index in [1.165, 1.54) is 0 Å². The van der Waals surface area contributed by atoms with Crippen LogP contribution in [0, 0.1) is 0 Å². The third kappa shape index (κ3) is 5.49. The molecule has 0 aliphatic heterocycles. The summed E-state index contributed by atoms with van der Waals surface area (Å²) in [7, 11) is 0. The van der Waals surface area contributed by atoms with Crippen LogP contribution in [0.1, 0.15) is 19.4 Å². The van der Waals surface area contributed by atoms with Gasteiger partial charge in [0.2, 0.25) is 0 Å². The summed E-state index contributed by atoms with van der Waals surface area (Å²) < 4.78 is 0. The maximum absolute atomic E-state index is 6.13. The van der Waals surface area contributed by atoms with E-state index in [-0.39, 0.29) is 6.04 Å². The Morgan fingerprint density at radius 1 is 1.35 bits per heavy atom. The Balaban J connectivity index is 2.63. The smallest absolute Gasteiger partial charge is 0.0439 e. The Morgan fingerprint density at radius 3 is 2.65 bits per heavy atom. The van der Waals surface area contributed by atoms with Crippen molar-refractivity contribution in [3.8, 4) is 0 Å². The summed E-state index contributed by atoms with van der Waals surface area (Å²) in [6.45, 7) is 4.34. The van der Waals surface area contributed by atoms with Crippen molar-refractivity contribution in [2.75, 3.05) is 5.75 Å². The third-order valence-corrected chi connectivity index (χ3v) is 4.21. The van der Waals surface area contributed by atoms with Gasteiger partial charge in [0.05, 0.1) is 0 Å². The van der Waals surface area contributed by atoms with Crippen LogP contribution in [0.4, 0.5) is 0 Å². The Morgan fingerprint density at radius 2 is 2.06 bits per heavy atom. The Labute approximate surface area is 117 Å². The minimum absolute atomic E-state index is 0.207. The first-order chi connectivity index (χ1) is 8.02. The number of halogens is 2. The number of rotatable bonds is 6. The van der Waals surface area contributed by atoms with Gasteiger partial charge in [-0.1, -0.05) is 37.0 Å². The first-order valence-electron chi connectivity index (χ1n) is 5.54. The highest BCUT2D eigenvalue weighted by Gasteiger charge is 2.11. The fraction of sp³-hybridized carbons (Fsp3) is 0.500. The lowest BCUT2D eigenvalue weighted by Crippen LogP contribution is -2.39. The van der Waals surface area contributed by atoms with Gasteiger partial charge < -0.3 is 0 Å². The van der Waals surface area contributed by atoms with Gasteiger partial charge >= 0.3 is 0 Å². The van der Waals surface area contributed by atoms with E-state index in [1.807, 2.05) is 23.9 Å². The summed E-state index contributed by atoms with van der Waals surface area (Å²) in [4.78, 5) is 0. The van der Waals surface area contributed by atoms with E-state index >= 15 is 0 Å². The van der Waals surface area contributed by atoms with Gasteiger partial charge in [-0.3, -0.25) is 11.3 Å². The van der Waals surface area contributed by atoms with Gasteiger partial charge in [-0.2, -0.15) is 11.8 Å². The minimum Gasteiger partial charge on any atom is -0.271 e. The number of thioether (sulfide) groups is 1. The molecule has 0 radical (unpaired) electrons. The normalized spacial score (nSPS) is 13.1. The zero-order valence-electron chi connectivity index (χ0n) is 10.0. The standard InChI is InChI=1S/C12H18Cl2N2S/c1-8(2)17-7-11(16-15)6-9-5-10(13)3-4-12(9)14/h3-5,8,11,16H,6-7,15H2,1-2H3. The van der Waals surface area contributed by atoms with Crippen molar-refractivity contribution in [1.29, 1.82) is 0 Å². The van der Waals surface area contributed by atoms with E-state index in [4.69, 9.17) is 29.0 Å². The van der Waals surface area contributed by atoms with Crippen LogP contribution in [-0.2, 0) is 6.42 Å². The van der Waals surface area contributed by atoms with Gasteiger partial charge in [0.1, 0.15) is 0 Å². The molecule has 0 fully saturated rings. The monoisotopic (exact) mass is 292 g/mol. The van der Waals surface area contributed by atoms with E-state index in [1.54, 1.807) is 6.07 Å². The zero-order valence-corrected chi connectivity index (χ0v) is 12.4. The van der Waals surface area contributed by atoms with E-state index in [0.717, 1.165) is 22.8 Å². The van der Waals surface area contributed by atoms with Crippen LogP contribution >= 0.6 is 35.0 Å². The molecule has 0 bridgehead atoms. The van der Waals surface area contributed by atoms with Crippen LogP contribution in [0.15, 0.2) is 18.2 Å². The molecule has 0 saturated carbocycles. The van der Waals surface area contributed by atoms with Gasteiger partial charge in [-0.25, -0.2) is 0 Å². The van der Waals surface area contributed by atoms with Crippen molar-refractivity contribution >= 4 is 35.0 Å². The molecule has 0 heterocycles. The van der Waals surface area contributed by atoms with Gasteiger partial charge in [0.25, 0.3) is 0 Å². The lowest BCUT2D eigenvalue weighted by Gasteiger charge is -2.17. The second-order valence-corrected chi connectivity index (χ2v) is 6.64. The summed E-state index contributed by atoms with van der Waals surface area (Å²) in [6, 6.07) is 5.72. The fourth-order valence-corrected chi connectivity index (χ4v) is 2.66. The van der Waals surface area contributed by atoms with Crippen molar-refractivity contribution in [2.45, 2.75) is 31.6 Å². The summed E-state index contributed by atoms with van der Waals surface area (Å²) >= 11 is 14.0. The van der Waals surface area contributed by atoms with Crippen molar-refractivity contribution in [3.05, 3.63) is 33.8 Å². The third-order valence-electron chi connectivity index (χ3n) is 2.34. The Kier molecular flexibility index (Phi) is 6.67. The van der Waals surface area contributed by atoms with Crippen LogP contribution in [-0.4, -0.2) is 17.0 Å². The van der Waals surface area contributed by atoms with Gasteiger partial charge in [-0.15, -0.1) is 0 Å². The maximum atomic E-state index is 6.13. The Bertz CT molecular complexity index is 358. The average Bonchev–Trinajstić information content (AvgIpc) is 2.28. The maximum Gasteiger partial charge on any atom is 0.0439 e. The van der Waals surface area contributed by atoms with Crippen LogP contribution in [0.2, 0.25) is 10.0 Å². The lowest BCUT2D eigenvalue weighted by molar-refractivity contribution is 0.575. The zero-order chi connectivity index (χ0) is 12.8. The van der Waals surface area contributed by atoms with Crippen LogP contribution in [0.25, 0.3) is 0 Å². The molecule has 0 aliphatic carbocycles. The quantitative estimate of drug-likeness (QED) is 0.622. The molecule has 5 heteroatoms. The van der Waals surface area contributed by atoms with Gasteiger partial charge in [0.15, 0.2) is 0 Å². The highest BCUT2D eigenvalue weighted by atomic mass is 35.5. The predicted molar refractivity (Wildman–Crippen MR) is 78.9 cm³/mol. The summed E-state index contributed by atoms with van der Waals surface area (Å²) in [6.07, 6.45) is 0.787. The second kappa shape index (κ2) is 7.49. The van der Waals surface area contributed by atoms with E-state index in [2.05, 4.69) is 19.3 Å². The second-order valence-electron chi connectivity index (χ2n) is 4.19. The molecular formula is C12H18Cl2N2S. The topological polar surface area (TPSA) is 38.0 Å². The number of benzene rings is 1. The van der Waals surface area contributed by atoms with Crippen LogP contribution < -0.4 is 11.3 Å². The SMILES string of the molecule is CC(C)SCC(Cc1cc(Cl)ccc1Cl)NN.